The fourth-order valence-corrected chi connectivity index (χ4v) is 2.71. The van der Waals surface area contributed by atoms with E-state index in [-0.39, 0.29) is 5.41 Å². The van der Waals surface area contributed by atoms with Gasteiger partial charge < -0.3 is 0 Å². The largest absolute Gasteiger partial charge is 0.244 e. The Morgan fingerprint density at radius 1 is 1.07 bits per heavy atom. The third kappa shape index (κ3) is 2.12. The first-order valence-electron chi connectivity index (χ1n) is 6.10. The fraction of sp³-hybridized carbons (Fsp3) is 1.00. The molecule has 0 aromatic carbocycles. The van der Waals surface area contributed by atoms with E-state index in [4.69, 9.17) is 0 Å². The summed E-state index contributed by atoms with van der Waals surface area (Å²) in [6, 6.07) is 0. The van der Waals surface area contributed by atoms with Crippen molar-refractivity contribution in [2.24, 2.45) is 11.3 Å². The van der Waals surface area contributed by atoms with Gasteiger partial charge in [0.1, 0.15) is 5.67 Å². The quantitative estimate of drug-likeness (QED) is 0.617. The van der Waals surface area contributed by atoms with Crippen LogP contribution in [0.15, 0.2) is 0 Å². The molecule has 0 amide bonds. The Morgan fingerprint density at radius 2 is 1.57 bits per heavy atom. The van der Waals surface area contributed by atoms with E-state index < -0.39 is 5.67 Å². The maximum atomic E-state index is 14.4. The molecule has 0 heterocycles. The van der Waals surface area contributed by atoms with Gasteiger partial charge in [-0.1, -0.05) is 40.0 Å². The van der Waals surface area contributed by atoms with Crippen LogP contribution in [0.4, 0.5) is 4.39 Å². The van der Waals surface area contributed by atoms with Crippen molar-refractivity contribution in [1.29, 1.82) is 0 Å². The third-order valence-corrected chi connectivity index (χ3v) is 4.63. The Kier molecular flexibility index (Phi) is 3.60. The van der Waals surface area contributed by atoms with Crippen molar-refractivity contribution >= 4 is 0 Å². The molecule has 0 bridgehead atoms. The lowest BCUT2D eigenvalue weighted by molar-refractivity contribution is -0.0287. The average Bonchev–Trinajstić information content (AvgIpc) is 2.19. The molecule has 0 aliphatic heterocycles. The Bertz CT molecular complexity index is 176. The molecule has 1 aliphatic carbocycles. The van der Waals surface area contributed by atoms with Crippen molar-refractivity contribution in [3.63, 3.8) is 0 Å². The molecule has 0 saturated heterocycles. The minimum Gasteiger partial charge on any atom is -0.244 e. The number of hydrogen-bond donors (Lipinski definition) is 0. The van der Waals surface area contributed by atoms with Crippen LogP contribution < -0.4 is 0 Å². The number of rotatable bonds is 3. The molecule has 1 heteroatoms. The lowest BCUT2D eigenvalue weighted by Gasteiger charge is -2.45. The minimum absolute atomic E-state index is 0.151. The molecule has 1 aliphatic rings. The van der Waals surface area contributed by atoms with Crippen molar-refractivity contribution in [3.05, 3.63) is 0 Å². The molecule has 14 heavy (non-hydrogen) atoms. The van der Waals surface area contributed by atoms with Gasteiger partial charge in [0.25, 0.3) is 0 Å². The Labute approximate surface area is 88.3 Å². The van der Waals surface area contributed by atoms with Gasteiger partial charge in [0, 0.05) is 5.41 Å². The van der Waals surface area contributed by atoms with E-state index in [1.165, 1.54) is 32.1 Å². The van der Waals surface area contributed by atoms with E-state index in [9.17, 15) is 4.39 Å². The summed E-state index contributed by atoms with van der Waals surface area (Å²) >= 11 is 0. The molecule has 0 radical (unpaired) electrons. The van der Waals surface area contributed by atoms with E-state index in [1.54, 1.807) is 6.92 Å². The molecule has 1 atom stereocenters. The molecule has 0 N–H and O–H groups in total. The Balaban J connectivity index is 2.71. The van der Waals surface area contributed by atoms with Gasteiger partial charge in [-0.05, 0) is 32.1 Å². The third-order valence-electron chi connectivity index (χ3n) is 4.63. The summed E-state index contributed by atoms with van der Waals surface area (Å²) in [4.78, 5) is 0. The standard InChI is InChI=1S/C13H25F/c1-5-13(4,14)12(2,3)11-9-7-6-8-10-11/h11H,5-10H2,1-4H3. The van der Waals surface area contributed by atoms with Crippen molar-refractivity contribution < 1.29 is 4.39 Å². The Morgan fingerprint density at radius 3 is 2.00 bits per heavy atom. The summed E-state index contributed by atoms with van der Waals surface area (Å²) in [5.74, 6) is 0.589. The first-order valence-corrected chi connectivity index (χ1v) is 6.10. The summed E-state index contributed by atoms with van der Waals surface area (Å²) in [6.07, 6.45) is 7.04. The van der Waals surface area contributed by atoms with Crippen molar-refractivity contribution in [3.8, 4) is 0 Å². The van der Waals surface area contributed by atoms with Gasteiger partial charge in [-0.15, -0.1) is 0 Å². The molecular weight excluding hydrogens is 175 g/mol. The summed E-state index contributed by atoms with van der Waals surface area (Å²) in [5.41, 5.74) is -1.16. The maximum Gasteiger partial charge on any atom is 0.113 e. The smallest absolute Gasteiger partial charge is 0.113 e. The normalized spacial score (nSPS) is 24.6. The van der Waals surface area contributed by atoms with E-state index in [1.807, 2.05) is 6.92 Å². The molecule has 0 aromatic heterocycles. The van der Waals surface area contributed by atoms with Gasteiger partial charge in [-0.2, -0.15) is 0 Å². The van der Waals surface area contributed by atoms with E-state index in [0.717, 1.165) is 0 Å². The summed E-state index contributed by atoms with van der Waals surface area (Å²) in [6.45, 7) is 7.98. The van der Waals surface area contributed by atoms with E-state index >= 15 is 0 Å². The van der Waals surface area contributed by atoms with Crippen molar-refractivity contribution in [1.82, 2.24) is 0 Å². The van der Waals surface area contributed by atoms with Gasteiger partial charge in [-0.3, -0.25) is 0 Å². The molecule has 1 fully saturated rings. The lowest BCUT2D eigenvalue weighted by atomic mass is 9.63. The van der Waals surface area contributed by atoms with Crippen molar-refractivity contribution in [2.45, 2.75) is 71.9 Å². The highest BCUT2D eigenvalue weighted by molar-refractivity contribution is 4.94. The summed E-state index contributed by atoms with van der Waals surface area (Å²) in [5, 5.41) is 0. The van der Waals surface area contributed by atoms with Crippen LogP contribution in [0.2, 0.25) is 0 Å². The molecule has 0 aromatic rings. The monoisotopic (exact) mass is 200 g/mol. The molecule has 1 unspecified atom stereocenters. The molecule has 1 saturated carbocycles. The van der Waals surface area contributed by atoms with Crippen LogP contribution in [0.1, 0.15) is 66.2 Å². The second-order valence-electron chi connectivity index (χ2n) is 5.61. The SMILES string of the molecule is CCC(C)(F)C(C)(C)C1CCCCC1. The zero-order valence-electron chi connectivity index (χ0n) is 10.2. The predicted octanol–water partition coefficient (Wildman–Crippen LogP) is 4.73. The molecule has 1 rings (SSSR count). The second kappa shape index (κ2) is 4.20. The van der Waals surface area contributed by atoms with Crippen LogP contribution in [0.25, 0.3) is 0 Å². The Hall–Kier alpha value is -0.0700. The van der Waals surface area contributed by atoms with Crippen LogP contribution in [-0.4, -0.2) is 5.67 Å². The first-order chi connectivity index (χ1) is 6.42. The van der Waals surface area contributed by atoms with Gasteiger partial charge in [-0.25, -0.2) is 4.39 Å². The summed E-state index contributed by atoms with van der Waals surface area (Å²) < 4.78 is 14.4. The highest BCUT2D eigenvalue weighted by Crippen LogP contribution is 2.48. The maximum absolute atomic E-state index is 14.4. The molecule has 0 nitrogen and oxygen atoms in total. The number of halogens is 1. The van der Waals surface area contributed by atoms with E-state index in [2.05, 4.69) is 13.8 Å². The van der Waals surface area contributed by atoms with Gasteiger partial charge in [0.05, 0.1) is 0 Å². The topological polar surface area (TPSA) is 0 Å². The summed E-state index contributed by atoms with van der Waals surface area (Å²) in [7, 11) is 0. The average molecular weight is 200 g/mol. The van der Waals surface area contributed by atoms with Gasteiger partial charge in [0.2, 0.25) is 0 Å². The second-order valence-corrected chi connectivity index (χ2v) is 5.61. The van der Waals surface area contributed by atoms with E-state index in [0.29, 0.717) is 12.3 Å². The number of hydrogen-bond acceptors (Lipinski definition) is 0. The van der Waals surface area contributed by atoms with Crippen LogP contribution >= 0.6 is 0 Å². The number of alkyl halides is 1. The van der Waals surface area contributed by atoms with Crippen LogP contribution in [0, 0.1) is 11.3 Å². The van der Waals surface area contributed by atoms with Crippen LogP contribution in [0.5, 0.6) is 0 Å². The van der Waals surface area contributed by atoms with Gasteiger partial charge >= 0.3 is 0 Å². The minimum atomic E-state index is -1.00. The fourth-order valence-electron chi connectivity index (χ4n) is 2.71. The molecular formula is C13H25F. The zero-order chi connectivity index (χ0) is 10.8. The highest BCUT2D eigenvalue weighted by Gasteiger charge is 2.45. The molecule has 0 spiro atoms. The molecule has 84 valence electrons. The lowest BCUT2D eigenvalue weighted by Crippen LogP contribution is -2.43. The zero-order valence-corrected chi connectivity index (χ0v) is 10.2. The van der Waals surface area contributed by atoms with Gasteiger partial charge in [0.15, 0.2) is 0 Å². The van der Waals surface area contributed by atoms with Crippen molar-refractivity contribution in [2.75, 3.05) is 0 Å². The van der Waals surface area contributed by atoms with Crippen LogP contribution in [0.3, 0.4) is 0 Å². The first kappa shape index (κ1) is 12.0. The predicted molar refractivity (Wildman–Crippen MR) is 60.2 cm³/mol. The van der Waals surface area contributed by atoms with Crippen LogP contribution in [-0.2, 0) is 0 Å². The highest BCUT2D eigenvalue weighted by atomic mass is 19.1.